The van der Waals surface area contributed by atoms with E-state index in [1.54, 1.807) is 0 Å². The van der Waals surface area contributed by atoms with Gasteiger partial charge in [-0.3, -0.25) is 4.99 Å². The molecule has 1 saturated carbocycles. The fourth-order valence-electron chi connectivity index (χ4n) is 2.63. The molecule has 0 aromatic rings. The van der Waals surface area contributed by atoms with Crippen LogP contribution >= 0.6 is 11.8 Å². The van der Waals surface area contributed by atoms with Gasteiger partial charge in [0.15, 0.2) is 5.17 Å². The van der Waals surface area contributed by atoms with Crippen LogP contribution in [0.5, 0.6) is 0 Å². The van der Waals surface area contributed by atoms with E-state index >= 15 is 0 Å². The van der Waals surface area contributed by atoms with Gasteiger partial charge in [0.2, 0.25) is 0 Å². The Labute approximate surface area is 104 Å². The molecule has 1 heterocycles. The van der Waals surface area contributed by atoms with Crippen LogP contribution < -0.4 is 5.32 Å². The third-order valence-electron chi connectivity index (χ3n) is 3.70. The van der Waals surface area contributed by atoms with E-state index in [4.69, 9.17) is 4.99 Å². The molecule has 3 unspecified atom stereocenters. The molecule has 92 valence electrons. The third kappa shape index (κ3) is 3.16. The smallest absolute Gasteiger partial charge is 0.157 e. The lowest BCUT2D eigenvalue weighted by Gasteiger charge is -2.25. The average Bonchev–Trinajstić information content (AvgIpc) is 2.73. The summed E-state index contributed by atoms with van der Waals surface area (Å²) in [5.74, 6) is 2.17. The van der Waals surface area contributed by atoms with Gasteiger partial charge >= 0.3 is 0 Å². The zero-order valence-electron chi connectivity index (χ0n) is 10.5. The standard InChI is InChI=1S/C13H24N2S/c1-3-4-6-10(2)14-13-15-12-8-5-7-11(12)9-16-13/h10-12H,3-9H2,1-2H3,(H,14,15). The fourth-order valence-corrected chi connectivity index (χ4v) is 3.88. The van der Waals surface area contributed by atoms with Crippen LogP contribution in [-0.4, -0.2) is 23.0 Å². The topological polar surface area (TPSA) is 24.4 Å². The largest absolute Gasteiger partial charge is 0.362 e. The predicted octanol–water partition coefficient (Wildman–Crippen LogP) is 3.43. The van der Waals surface area contributed by atoms with Crippen LogP contribution in [0, 0.1) is 5.92 Å². The molecule has 0 aromatic carbocycles. The van der Waals surface area contributed by atoms with E-state index in [0.717, 1.165) is 5.92 Å². The predicted molar refractivity (Wildman–Crippen MR) is 73.1 cm³/mol. The summed E-state index contributed by atoms with van der Waals surface area (Å²) in [4.78, 5) is 4.86. The first-order valence-electron chi connectivity index (χ1n) is 6.76. The van der Waals surface area contributed by atoms with Gasteiger partial charge in [-0.25, -0.2) is 0 Å². The second kappa shape index (κ2) is 5.95. The van der Waals surface area contributed by atoms with Crippen LogP contribution in [0.15, 0.2) is 4.99 Å². The number of rotatable bonds is 4. The molecule has 1 aliphatic heterocycles. The number of amidine groups is 1. The van der Waals surface area contributed by atoms with Gasteiger partial charge in [-0.05, 0) is 32.1 Å². The molecule has 0 saturated heterocycles. The maximum atomic E-state index is 4.86. The summed E-state index contributed by atoms with van der Waals surface area (Å²) < 4.78 is 0. The Morgan fingerprint density at radius 1 is 1.50 bits per heavy atom. The van der Waals surface area contributed by atoms with Gasteiger partial charge in [0.25, 0.3) is 0 Å². The second-order valence-electron chi connectivity index (χ2n) is 5.19. The van der Waals surface area contributed by atoms with Gasteiger partial charge in [0.05, 0.1) is 6.04 Å². The Hall–Kier alpha value is -0.180. The molecule has 16 heavy (non-hydrogen) atoms. The minimum absolute atomic E-state index is 0.587. The molecule has 0 spiro atoms. The van der Waals surface area contributed by atoms with Crippen molar-refractivity contribution in [3.05, 3.63) is 0 Å². The first-order valence-corrected chi connectivity index (χ1v) is 7.75. The molecule has 1 N–H and O–H groups in total. The Morgan fingerprint density at radius 2 is 2.38 bits per heavy atom. The molecular weight excluding hydrogens is 216 g/mol. The summed E-state index contributed by atoms with van der Waals surface area (Å²) in [6.07, 6.45) is 7.98. The van der Waals surface area contributed by atoms with Crippen LogP contribution in [0.4, 0.5) is 0 Å². The molecule has 2 aliphatic rings. The van der Waals surface area contributed by atoms with Crippen LogP contribution in [-0.2, 0) is 0 Å². The highest BCUT2D eigenvalue weighted by atomic mass is 32.2. The van der Waals surface area contributed by atoms with Crippen molar-refractivity contribution in [1.82, 2.24) is 5.32 Å². The molecule has 0 bridgehead atoms. The lowest BCUT2D eigenvalue weighted by Crippen LogP contribution is -2.35. The first-order chi connectivity index (χ1) is 7.79. The summed E-state index contributed by atoms with van der Waals surface area (Å²) in [5, 5.41) is 4.79. The molecule has 2 nitrogen and oxygen atoms in total. The molecule has 3 atom stereocenters. The van der Waals surface area contributed by atoms with E-state index in [1.165, 1.54) is 49.4 Å². The number of nitrogens with one attached hydrogen (secondary N) is 1. The Balaban J connectivity index is 1.81. The lowest BCUT2D eigenvalue weighted by molar-refractivity contribution is 0.524. The number of nitrogens with zero attached hydrogens (tertiary/aromatic N) is 1. The van der Waals surface area contributed by atoms with Gasteiger partial charge in [-0.2, -0.15) is 0 Å². The van der Waals surface area contributed by atoms with Crippen molar-refractivity contribution in [1.29, 1.82) is 0 Å². The highest BCUT2D eigenvalue weighted by Gasteiger charge is 2.31. The lowest BCUT2D eigenvalue weighted by atomic mass is 10.1. The fraction of sp³-hybridized carbons (Fsp3) is 0.923. The van der Waals surface area contributed by atoms with Gasteiger partial charge in [-0.15, -0.1) is 0 Å². The highest BCUT2D eigenvalue weighted by molar-refractivity contribution is 8.13. The molecule has 0 aromatic heterocycles. The Morgan fingerprint density at radius 3 is 3.19 bits per heavy atom. The second-order valence-corrected chi connectivity index (χ2v) is 6.20. The number of hydrogen-bond acceptors (Lipinski definition) is 3. The average molecular weight is 240 g/mol. The van der Waals surface area contributed by atoms with E-state index in [9.17, 15) is 0 Å². The summed E-state index contributed by atoms with van der Waals surface area (Å²) in [5.41, 5.74) is 0. The van der Waals surface area contributed by atoms with Gasteiger partial charge < -0.3 is 5.32 Å². The third-order valence-corrected chi connectivity index (χ3v) is 4.79. The summed E-state index contributed by atoms with van der Waals surface area (Å²) in [6, 6.07) is 1.23. The van der Waals surface area contributed by atoms with Crippen LogP contribution in [0.1, 0.15) is 52.4 Å². The van der Waals surface area contributed by atoms with Crippen molar-refractivity contribution in [3.63, 3.8) is 0 Å². The molecular formula is C13H24N2S. The van der Waals surface area contributed by atoms with E-state index in [2.05, 4.69) is 19.2 Å². The zero-order chi connectivity index (χ0) is 11.4. The van der Waals surface area contributed by atoms with Crippen molar-refractivity contribution in [2.24, 2.45) is 10.9 Å². The zero-order valence-corrected chi connectivity index (χ0v) is 11.4. The maximum absolute atomic E-state index is 4.86. The van der Waals surface area contributed by atoms with E-state index in [1.807, 2.05) is 11.8 Å². The van der Waals surface area contributed by atoms with Crippen molar-refractivity contribution < 1.29 is 0 Å². The van der Waals surface area contributed by atoms with E-state index in [-0.39, 0.29) is 0 Å². The van der Waals surface area contributed by atoms with Crippen LogP contribution in [0.3, 0.4) is 0 Å². The number of aliphatic imine (C=N–C) groups is 1. The number of hydrogen-bond donors (Lipinski definition) is 1. The molecule has 1 aliphatic carbocycles. The monoisotopic (exact) mass is 240 g/mol. The number of unbranched alkanes of at least 4 members (excludes halogenated alkanes) is 1. The van der Waals surface area contributed by atoms with Crippen LogP contribution in [0.25, 0.3) is 0 Å². The SMILES string of the molecule is CCCCC(C)NC1=NC2CCCC2CS1. The Bertz CT molecular complexity index is 252. The van der Waals surface area contributed by atoms with Crippen molar-refractivity contribution >= 4 is 16.9 Å². The minimum Gasteiger partial charge on any atom is -0.362 e. The van der Waals surface area contributed by atoms with E-state index in [0.29, 0.717) is 12.1 Å². The molecule has 0 amide bonds. The van der Waals surface area contributed by atoms with Crippen molar-refractivity contribution in [2.75, 3.05) is 5.75 Å². The molecule has 3 heteroatoms. The summed E-state index contributed by atoms with van der Waals surface area (Å²) >= 11 is 1.94. The summed E-state index contributed by atoms with van der Waals surface area (Å²) in [7, 11) is 0. The minimum atomic E-state index is 0.587. The van der Waals surface area contributed by atoms with Gasteiger partial charge in [-0.1, -0.05) is 37.9 Å². The first kappa shape index (κ1) is 12.3. The van der Waals surface area contributed by atoms with Crippen molar-refractivity contribution in [2.45, 2.75) is 64.5 Å². The highest BCUT2D eigenvalue weighted by Crippen LogP contribution is 2.35. The number of fused-ring (bicyclic) bond motifs is 1. The molecule has 0 radical (unpaired) electrons. The normalized spacial score (nSPS) is 30.8. The van der Waals surface area contributed by atoms with E-state index < -0.39 is 0 Å². The maximum Gasteiger partial charge on any atom is 0.157 e. The summed E-state index contributed by atoms with van der Waals surface area (Å²) in [6.45, 7) is 4.53. The van der Waals surface area contributed by atoms with Crippen LogP contribution in [0.2, 0.25) is 0 Å². The molecule has 1 fully saturated rings. The van der Waals surface area contributed by atoms with Gasteiger partial charge in [0.1, 0.15) is 0 Å². The van der Waals surface area contributed by atoms with Gasteiger partial charge in [0, 0.05) is 11.8 Å². The Kier molecular flexibility index (Phi) is 4.56. The molecule has 2 rings (SSSR count). The quantitative estimate of drug-likeness (QED) is 0.814. The number of thioether (sulfide) groups is 1. The van der Waals surface area contributed by atoms with Crippen molar-refractivity contribution in [3.8, 4) is 0 Å².